The second-order valence-corrected chi connectivity index (χ2v) is 8.34. The third-order valence-electron chi connectivity index (χ3n) is 4.05. The number of ketones is 1. The van der Waals surface area contributed by atoms with Crippen molar-refractivity contribution < 1.29 is 13.9 Å². The second-order valence-electron chi connectivity index (χ2n) is 6.02. The fourth-order valence-corrected chi connectivity index (χ4v) is 4.90. The Balaban J connectivity index is 0.000000500. The predicted octanol–water partition coefficient (Wildman–Crippen LogP) is 6.20. The van der Waals surface area contributed by atoms with Gasteiger partial charge in [0.25, 0.3) is 0 Å². The monoisotopic (exact) mass is 605 g/mol. The molecule has 3 aromatic rings. The Morgan fingerprint density at radius 2 is 1.68 bits per heavy atom. The number of carbonyl (C=O) groups is 1. The summed E-state index contributed by atoms with van der Waals surface area (Å²) in [6.07, 6.45) is 0. The summed E-state index contributed by atoms with van der Waals surface area (Å²) in [5.41, 5.74) is 2.02. The van der Waals surface area contributed by atoms with Crippen LogP contribution in [-0.2, 0) is 0 Å². The summed E-state index contributed by atoms with van der Waals surface area (Å²) in [4.78, 5) is 13.0. The maximum atomic E-state index is 13.0. The first kappa shape index (κ1) is 23.2. The van der Waals surface area contributed by atoms with Gasteiger partial charge in [0.1, 0.15) is 17.1 Å². The summed E-state index contributed by atoms with van der Waals surface area (Å²) in [6, 6.07) is 11.4. The minimum absolute atomic E-state index is 0.0219. The Labute approximate surface area is 193 Å². The van der Waals surface area contributed by atoms with Crippen molar-refractivity contribution >= 4 is 61.9 Å². The molecule has 0 fully saturated rings. The molecular weight excluding hydrogens is 580 g/mol. The average Bonchev–Trinajstić information content (AvgIpc) is 3.00. The molecule has 0 unspecified atom stereocenters. The van der Waals surface area contributed by atoms with Gasteiger partial charge in [0.05, 0.1) is 19.3 Å². The van der Waals surface area contributed by atoms with Crippen LogP contribution in [0.25, 0.3) is 11.0 Å². The SMILES string of the molecule is CCNCC.CCOc1c(I)cc(C(=O)c2c(C)oc3ccccc23)cc1I. The minimum Gasteiger partial charge on any atom is -0.492 e. The van der Waals surface area contributed by atoms with Crippen molar-refractivity contribution in [1.29, 1.82) is 0 Å². The van der Waals surface area contributed by atoms with E-state index in [0.717, 1.165) is 36.9 Å². The quantitative estimate of drug-likeness (QED) is 0.269. The summed E-state index contributed by atoms with van der Waals surface area (Å²) in [5, 5.41) is 3.97. The van der Waals surface area contributed by atoms with Crippen LogP contribution in [0.1, 0.15) is 42.5 Å². The first-order chi connectivity index (χ1) is 13.4. The van der Waals surface area contributed by atoms with E-state index >= 15 is 0 Å². The number of hydrogen-bond donors (Lipinski definition) is 1. The first-order valence-electron chi connectivity index (χ1n) is 9.29. The number of nitrogens with one attached hydrogen (secondary N) is 1. The molecule has 150 valence electrons. The van der Waals surface area contributed by atoms with E-state index in [-0.39, 0.29) is 5.78 Å². The standard InChI is InChI=1S/C18H14I2O3.C4H11N/c1-3-22-18-13(19)8-11(9-14(18)20)17(21)16-10(2)23-15-7-5-4-6-12(15)16;1-3-5-4-2/h4-9H,3H2,1-2H3;5H,3-4H2,1-2H3. The summed E-state index contributed by atoms with van der Waals surface area (Å²) < 4.78 is 13.2. The molecule has 4 nitrogen and oxygen atoms in total. The van der Waals surface area contributed by atoms with Gasteiger partial charge in [-0.05, 0) is 90.3 Å². The Morgan fingerprint density at radius 3 is 2.21 bits per heavy atom. The van der Waals surface area contributed by atoms with Gasteiger partial charge in [0.15, 0.2) is 5.78 Å². The van der Waals surface area contributed by atoms with Crippen LogP contribution in [0.5, 0.6) is 5.75 Å². The molecule has 0 saturated carbocycles. The number of furan rings is 1. The summed E-state index contributed by atoms with van der Waals surface area (Å²) in [6.45, 7) is 10.8. The minimum atomic E-state index is -0.0219. The van der Waals surface area contributed by atoms with Gasteiger partial charge in [-0.2, -0.15) is 0 Å². The molecule has 0 atom stereocenters. The van der Waals surface area contributed by atoms with Crippen LogP contribution >= 0.6 is 45.2 Å². The third kappa shape index (κ3) is 5.48. The summed E-state index contributed by atoms with van der Waals surface area (Å²) >= 11 is 4.41. The van der Waals surface area contributed by atoms with Crippen molar-refractivity contribution in [2.24, 2.45) is 0 Å². The lowest BCUT2D eigenvalue weighted by molar-refractivity contribution is 0.103. The van der Waals surface area contributed by atoms with Gasteiger partial charge in [0.2, 0.25) is 0 Å². The number of hydrogen-bond acceptors (Lipinski definition) is 4. The highest BCUT2D eigenvalue weighted by Crippen LogP contribution is 2.32. The van der Waals surface area contributed by atoms with Crippen LogP contribution in [0.15, 0.2) is 40.8 Å². The van der Waals surface area contributed by atoms with E-state index in [0.29, 0.717) is 23.5 Å². The molecule has 0 aliphatic heterocycles. The predicted molar refractivity (Wildman–Crippen MR) is 132 cm³/mol. The molecule has 1 aromatic heterocycles. The van der Waals surface area contributed by atoms with E-state index in [4.69, 9.17) is 9.15 Å². The van der Waals surface area contributed by atoms with Gasteiger partial charge >= 0.3 is 0 Å². The maximum Gasteiger partial charge on any atom is 0.197 e. The van der Waals surface area contributed by atoms with Crippen LogP contribution in [0.2, 0.25) is 0 Å². The fourth-order valence-electron chi connectivity index (χ4n) is 2.82. The first-order valence-corrected chi connectivity index (χ1v) is 11.5. The van der Waals surface area contributed by atoms with Crippen molar-refractivity contribution in [3.8, 4) is 5.75 Å². The zero-order valence-corrected chi connectivity index (χ0v) is 20.9. The molecule has 6 heteroatoms. The average molecular weight is 605 g/mol. The van der Waals surface area contributed by atoms with Gasteiger partial charge in [-0.1, -0.05) is 32.0 Å². The molecule has 28 heavy (non-hydrogen) atoms. The molecule has 0 amide bonds. The highest BCUT2D eigenvalue weighted by Gasteiger charge is 2.21. The van der Waals surface area contributed by atoms with E-state index in [1.54, 1.807) is 0 Å². The lowest BCUT2D eigenvalue weighted by atomic mass is 10.0. The smallest absolute Gasteiger partial charge is 0.197 e. The molecule has 0 aliphatic rings. The molecule has 0 bridgehead atoms. The highest BCUT2D eigenvalue weighted by molar-refractivity contribution is 14.1. The zero-order valence-electron chi connectivity index (χ0n) is 16.6. The molecule has 2 aromatic carbocycles. The molecule has 1 N–H and O–H groups in total. The maximum absolute atomic E-state index is 13.0. The van der Waals surface area contributed by atoms with Crippen LogP contribution in [0, 0.1) is 14.1 Å². The molecule has 0 radical (unpaired) electrons. The fraction of sp³-hybridized carbons (Fsp3) is 0.318. The number of aryl methyl sites for hydroxylation is 1. The Kier molecular flexibility index (Phi) is 9.23. The molecule has 3 rings (SSSR count). The normalized spacial score (nSPS) is 10.5. The topological polar surface area (TPSA) is 51.5 Å². The van der Waals surface area contributed by atoms with Gasteiger partial charge < -0.3 is 14.5 Å². The number of fused-ring (bicyclic) bond motifs is 1. The number of ether oxygens (including phenoxy) is 1. The lowest BCUT2D eigenvalue weighted by Gasteiger charge is -2.10. The van der Waals surface area contributed by atoms with Gasteiger partial charge in [-0.3, -0.25) is 4.79 Å². The highest BCUT2D eigenvalue weighted by atomic mass is 127. The van der Waals surface area contributed by atoms with E-state index < -0.39 is 0 Å². The van der Waals surface area contributed by atoms with Crippen molar-refractivity contribution in [3.63, 3.8) is 0 Å². The Hall–Kier alpha value is -1.13. The molecule has 1 heterocycles. The number of halogens is 2. The number of benzene rings is 2. The summed E-state index contributed by atoms with van der Waals surface area (Å²) in [5.74, 6) is 1.46. The van der Waals surface area contributed by atoms with E-state index in [1.807, 2.05) is 50.2 Å². The van der Waals surface area contributed by atoms with Crippen molar-refractivity contribution in [3.05, 3.63) is 60.4 Å². The molecule has 0 aliphatic carbocycles. The van der Waals surface area contributed by atoms with Gasteiger partial charge in [-0.25, -0.2) is 0 Å². The largest absolute Gasteiger partial charge is 0.492 e. The zero-order chi connectivity index (χ0) is 20.7. The van der Waals surface area contributed by atoms with Crippen molar-refractivity contribution in [1.82, 2.24) is 5.32 Å². The lowest BCUT2D eigenvalue weighted by Crippen LogP contribution is -2.09. The van der Waals surface area contributed by atoms with Crippen LogP contribution in [-0.4, -0.2) is 25.5 Å². The second kappa shape index (κ2) is 11.2. The van der Waals surface area contributed by atoms with Crippen LogP contribution < -0.4 is 10.1 Å². The Bertz CT molecular complexity index is 925. The number of carbonyl (C=O) groups excluding carboxylic acids is 1. The van der Waals surface area contributed by atoms with Crippen LogP contribution in [0.4, 0.5) is 0 Å². The van der Waals surface area contributed by atoms with E-state index in [9.17, 15) is 4.79 Å². The van der Waals surface area contributed by atoms with Crippen molar-refractivity contribution in [2.75, 3.05) is 19.7 Å². The Morgan fingerprint density at radius 1 is 1.07 bits per heavy atom. The summed E-state index contributed by atoms with van der Waals surface area (Å²) in [7, 11) is 0. The molecular formula is C22H25I2NO3. The van der Waals surface area contributed by atoms with Crippen molar-refractivity contribution in [2.45, 2.75) is 27.7 Å². The van der Waals surface area contributed by atoms with Gasteiger partial charge in [-0.15, -0.1) is 0 Å². The molecule has 0 saturated heterocycles. The van der Waals surface area contributed by atoms with Crippen LogP contribution in [0.3, 0.4) is 0 Å². The molecule has 0 spiro atoms. The van der Waals surface area contributed by atoms with E-state index in [1.165, 1.54) is 0 Å². The van der Waals surface area contributed by atoms with Gasteiger partial charge in [0, 0.05) is 10.9 Å². The number of para-hydroxylation sites is 1. The third-order valence-corrected chi connectivity index (χ3v) is 5.65. The van der Waals surface area contributed by atoms with E-state index in [2.05, 4.69) is 64.3 Å². The number of rotatable bonds is 6.